The zero-order chi connectivity index (χ0) is 10.2. The van der Waals surface area contributed by atoms with Gasteiger partial charge in [0.25, 0.3) is 0 Å². The van der Waals surface area contributed by atoms with Gasteiger partial charge in [-0.1, -0.05) is 6.92 Å². The highest BCUT2D eigenvalue weighted by Crippen LogP contribution is 1.99. The number of nitrogens with one attached hydrogen (secondary N) is 1. The summed E-state index contributed by atoms with van der Waals surface area (Å²) in [7, 11) is -2.79. The first-order valence-electron chi connectivity index (χ1n) is 4.52. The van der Waals surface area contributed by atoms with Gasteiger partial charge in [-0.25, -0.2) is 8.42 Å². The lowest BCUT2D eigenvalue weighted by Gasteiger charge is -2.02. The Bertz CT molecular complexity index is 202. The van der Waals surface area contributed by atoms with Crippen LogP contribution < -0.4 is 5.32 Å². The molecule has 0 aliphatic rings. The van der Waals surface area contributed by atoms with Crippen molar-refractivity contribution in [1.82, 2.24) is 5.32 Å². The fraction of sp³-hybridized carbons (Fsp3) is 1.00. The van der Waals surface area contributed by atoms with Crippen molar-refractivity contribution < 1.29 is 8.42 Å². The molecule has 0 aromatic heterocycles. The topological polar surface area (TPSA) is 46.2 Å². The summed E-state index contributed by atoms with van der Waals surface area (Å²) >= 11 is 1.90. The Morgan fingerprint density at radius 1 is 1.23 bits per heavy atom. The number of hydrogen-bond donors (Lipinski definition) is 1. The summed E-state index contributed by atoms with van der Waals surface area (Å²) in [6, 6.07) is 0. The van der Waals surface area contributed by atoms with E-state index in [2.05, 4.69) is 12.2 Å². The highest BCUT2D eigenvalue weighted by atomic mass is 32.2. The van der Waals surface area contributed by atoms with E-state index in [1.54, 1.807) is 0 Å². The molecule has 0 heterocycles. The molecule has 0 aromatic rings. The van der Waals surface area contributed by atoms with Crippen LogP contribution in [0.2, 0.25) is 0 Å². The molecule has 3 nitrogen and oxygen atoms in total. The van der Waals surface area contributed by atoms with Crippen molar-refractivity contribution in [3.05, 3.63) is 0 Å². The predicted octanol–water partition coefficient (Wildman–Crippen LogP) is 0.764. The highest BCUT2D eigenvalue weighted by molar-refractivity contribution is 7.99. The van der Waals surface area contributed by atoms with E-state index in [-0.39, 0.29) is 5.75 Å². The standard InChI is InChI=1S/C8H19NO2S2/c1-3-6-12-7-4-9-5-8-13(2,10)11/h9H,3-8H2,1-2H3. The molecule has 1 N–H and O–H groups in total. The second kappa shape index (κ2) is 7.64. The maximum absolute atomic E-state index is 10.7. The van der Waals surface area contributed by atoms with E-state index in [1.165, 1.54) is 18.4 Å². The van der Waals surface area contributed by atoms with Crippen molar-refractivity contribution in [3.8, 4) is 0 Å². The van der Waals surface area contributed by atoms with Crippen molar-refractivity contribution in [3.63, 3.8) is 0 Å². The van der Waals surface area contributed by atoms with Crippen LogP contribution in [0.25, 0.3) is 0 Å². The van der Waals surface area contributed by atoms with Crippen LogP contribution in [0, 0.1) is 0 Å². The molecule has 0 aromatic carbocycles. The smallest absolute Gasteiger partial charge is 0.148 e. The van der Waals surface area contributed by atoms with Gasteiger partial charge < -0.3 is 5.32 Å². The Kier molecular flexibility index (Phi) is 7.80. The van der Waals surface area contributed by atoms with Crippen LogP contribution in [0.3, 0.4) is 0 Å². The van der Waals surface area contributed by atoms with E-state index >= 15 is 0 Å². The third-order valence-electron chi connectivity index (χ3n) is 1.42. The van der Waals surface area contributed by atoms with Crippen LogP contribution in [0.1, 0.15) is 13.3 Å². The molecule has 0 atom stereocenters. The second-order valence-corrected chi connectivity index (χ2v) is 6.48. The molecule has 0 rings (SSSR count). The van der Waals surface area contributed by atoms with Crippen molar-refractivity contribution in [2.45, 2.75) is 13.3 Å². The minimum atomic E-state index is -2.79. The van der Waals surface area contributed by atoms with Gasteiger partial charge in [0.1, 0.15) is 9.84 Å². The zero-order valence-electron chi connectivity index (χ0n) is 8.38. The van der Waals surface area contributed by atoms with Gasteiger partial charge >= 0.3 is 0 Å². The van der Waals surface area contributed by atoms with E-state index in [0.29, 0.717) is 6.54 Å². The van der Waals surface area contributed by atoms with Crippen LogP contribution in [0.15, 0.2) is 0 Å². The maximum atomic E-state index is 10.7. The molecule has 0 unspecified atom stereocenters. The van der Waals surface area contributed by atoms with Crippen molar-refractivity contribution >= 4 is 21.6 Å². The molecule has 0 spiro atoms. The first-order chi connectivity index (χ1) is 6.06. The molecule has 13 heavy (non-hydrogen) atoms. The van der Waals surface area contributed by atoms with E-state index in [9.17, 15) is 8.42 Å². The third-order valence-corrected chi connectivity index (χ3v) is 3.56. The van der Waals surface area contributed by atoms with Crippen LogP contribution in [0.5, 0.6) is 0 Å². The molecular formula is C8H19NO2S2. The van der Waals surface area contributed by atoms with Gasteiger partial charge in [0.05, 0.1) is 5.75 Å². The lowest BCUT2D eigenvalue weighted by molar-refractivity contribution is 0.598. The van der Waals surface area contributed by atoms with Crippen molar-refractivity contribution in [1.29, 1.82) is 0 Å². The molecule has 0 aliphatic heterocycles. The quantitative estimate of drug-likeness (QED) is 0.620. The largest absolute Gasteiger partial charge is 0.315 e. The zero-order valence-corrected chi connectivity index (χ0v) is 10.0. The Morgan fingerprint density at radius 2 is 1.92 bits per heavy atom. The molecule has 0 saturated carbocycles. The van der Waals surface area contributed by atoms with Gasteiger partial charge in [-0.2, -0.15) is 11.8 Å². The van der Waals surface area contributed by atoms with Crippen LogP contribution >= 0.6 is 11.8 Å². The highest BCUT2D eigenvalue weighted by Gasteiger charge is 1.99. The minimum Gasteiger partial charge on any atom is -0.315 e. The Labute approximate surface area is 85.6 Å². The van der Waals surface area contributed by atoms with E-state index in [1.807, 2.05) is 11.8 Å². The van der Waals surface area contributed by atoms with Crippen molar-refractivity contribution in [2.75, 3.05) is 36.6 Å². The van der Waals surface area contributed by atoms with Gasteiger partial charge in [-0.3, -0.25) is 0 Å². The summed E-state index contributed by atoms with van der Waals surface area (Å²) in [5, 5.41) is 3.10. The van der Waals surface area contributed by atoms with Crippen LogP contribution in [0.4, 0.5) is 0 Å². The SMILES string of the molecule is CCCSCCNCCS(C)(=O)=O. The first-order valence-corrected chi connectivity index (χ1v) is 7.74. The molecule has 80 valence electrons. The fourth-order valence-electron chi connectivity index (χ4n) is 0.773. The molecule has 0 aliphatic carbocycles. The normalized spacial score (nSPS) is 11.8. The average molecular weight is 225 g/mol. The first kappa shape index (κ1) is 13.3. The van der Waals surface area contributed by atoms with Gasteiger partial charge in [0.15, 0.2) is 0 Å². The molecular weight excluding hydrogens is 206 g/mol. The van der Waals surface area contributed by atoms with Gasteiger partial charge in [-0.15, -0.1) is 0 Å². The fourth-order valence-corrected chi connectivity index (χ4v) is 2.07. The number of sulfone groups is 1. The Morgan fingerprint density at radius 3 is 2.46 bits per heavy atom. The minimum absolute atomic E-state index is 0.242. The molecule has 0 amide bonds. The third kappa shape index (κ3) is 12.3. The van der Waals surface area contributed by atoms with Gasteiger partial charge in [0.2, 0.25) is 0 Å². The summed E-state index contributed by atoms with van der Waals surface area (Å²) < 4.78 is 21.4. The summed E-state index contributed by atoms with van der Waals surface area (Å²) in [4.78, 5) is 0. The molecule has 0 bridgehead atoms. The molecule has 0 radical (unpaired) electrons. The van der Waals surface area contributed by atoms with Gasteiger partial charge in [-0.05, 0) is 12.2 Å². The monoisotopic (exact) mass is 225 g/mol. The van der Waals surface area contributed by atoms with E-state index in [0.717, 1.165) is 12.3 Å². The van der Waals surface area contributed by atoms with E-state index in [4.69, 9.17) is 0 Å². The second-order valence-electron chi connectivity index (χ2n) is 2.99. The summed E-state index contributed by atoms with van der Waals surface area (Å²) in [6.07, 6.45) is 2.47. The predicted molar refractivity (Wildman–Crippen MR) is 60.2 cm³/mol. The maximum Gasteiger partial charge on any atom is 0.148 e. The lowest BCUT2D eigenvalue weighted by atomic mass is 10.6. The number of thioether (sulfide) groups is 1. The van der Waals surface area contributed by atoms with Crippen molar-refractivity contribution in [2.24, 2.45) is 0 Å². The molecule has 5 heteroatoms. The number of rotatable bonds is 8. The summed E-state index contributed by atoms with van der Waals surface area (Å²) in [5.41, 5.74) is 0. The summed E-state index contributed by atoms with van der Waals surface area (Å²) in [6.45, 7) is 3.63. The van der Waals surface area contributed by atoms with Gasteiger partial charge in [0, 0.05) is 25.1 Å². The Balaban J connectivity index is 3.09. The Hall–Kier alpha value is 0.260. The summed E-state index contributed by atoms with van der Waals surface area (Å²) in [5.74, 6) is 2.50. The molecule has 0 fully saturated rings. The molecule has 0 saturated heterocycles. The van der Waals surface area contributed by atoms with Crippen LogP contribution in [-0.2, 0) is 9.84 Å². The average Bonchev–Trinajstić information content (AvgIpc) is 2.01. The number of hydrogen-bond acceptors (Lipinski definition) is 4. The lowest BCUT2D eigenvalue weighted by Crippen LogP contribution is -2.24. The van der Waals surface area contributed by atoms with Crippen LogP contribution in [-0.4, -0.2) is 45.0 Å². The van der Waals surface area contributed by atoms with E-state index < -0.39 is 9.84 Å².